The van der Waals surface area contributed by atoms with Gasteiger partial charge in [-0.15, -0.1) is 0 Å². The van der Waals surface area contributed by atoms with Crippen LogP contribution in [0.4, 0.5) is 0 Å². The minimum atomic E-state index is -0.0610. The summed E-state index contributed by atoms with van der Waals surface area (Å²) in [7, 11) is 0. The van der Waals surface area contributed by atoms with E-state index in [2.05, 4.69) is 0 Å². The number of para-hydroxylation sites is 1. The third-order valence-corrected chi connectivity index (χ3v) is 3.42. The molecular formula is C15H15Cl2NO. The molecule has 0 heterocycles. The summed E-state index contributed by atoms with van der Waals surface area (Å²) in [5, 5.41) is 1.10. The van der Waals surface area contributed by atoms with Crippen molar-refractivity contribution < 1.29 is 4.74 Å². The van der Waals surface area contributed by atoms with Crippen LogP contribution in [0.2, 0.25) is 10.0 Å². The lowest BCUT2D eigenvalue weighted by Gasteiger charge is -2.16. The lowest BCUT2D eigenvalue weighted by atomic mass is 10.0. The minimum Gasteiger partial charge on any atom is -0.455 e. The van der Waals surface area contributed by atoms with Crippen LogP contribution in [0.3, 0.4) is 0 Å². The summed E-state index contributed by atoms with van der Waals surface area (Å²) >= 11 is 12.0. The normalized spacial score (nSPS) is 12.2. The molecule has 0 saturated carbocycles. The predicted octanol–water partition coefficient (Wildman–Crippen LogP) is 5.20. The molecule has 0 unspecified atom stereocenters. The molecule has 2 aromatic rings. The van der Waals surface area contributed by atoms with E-state index in [-0.39, 0.29) is 6.04 Å². The van der Waals surface area contributed by atoms with Gasteiger partial charge in [-0.25, -0.2) is 0 Å². The highest BCUT2D eigenvalue weighted by atomic mass is 35.5. The molecule has 0 aliphatic heterocycles. The average Bonchev–Trinajstić information content (AvgIpc) is 2.42. The summed E-state index contributed by atoms with van der Waals surface area (Å²) in [6.45, 7) is 2.04. The molecule has 0 bridgehead atoms. The van der Waals surface area contributed by atoms with Crippen LogP contribution in [0.25, 0.3) is 0 Å². The first-order chi connectivity index (χ1) is 9.11. The van der Waals surface area contributed by atoms with Crippen molar-refractivity contribution in [3.05, 3.63) is 58.1 Å². The molecule has 2 nitrogen and oxygen atoms in total. The van der Waals surface area contributed by atoms with E-state index in [1.54, 1.807) is 18.2 Å². The van der Waals surface area contributed by atoms with Crippen LogP contribution in [0, 0.1) is 0 Å². The van der Waals surface area contributed by atoms with Gasteiger partial charge in [0.05, 0.1) is 5.02 Å². The summed E-state index contributed by atoms with van der Waals surface area (Å²) in [5.41, 5.74) is 7.04. The fourth-order valence-corrected chi connectivity index (χ4v) is 2.09. The molecule has 2 aromatic carbocycles. The minimum absolute atomic E-state index is 0.0610. The maximum atomic E-state index is 6.10. The summed E-state index contributed by atoms with van der Waals surface area (Å²) in [6.07, 6.45) is 0.837. The third kappa shape index (κ3) is 3.41. The molecule has 2 N–H and O–H groups in total. The van der Waals surface area contributed by atoms with Crippen molar-refractivity contribution in [3.8, 4) is 11.5 Å². The van der Waals surface area contributed by atoms with E-state index in [1.165, 1.54) is 0 Å². The Morgan fingerprint density at radius 3 is 2.58 bits per heavy atom. The molecule has 0 aliphatic rings. The number of benzene rings is 2. The Hall–Kier alpha value is -1.22. The Morgan fingerprint density at radius 1 is 1.11 bits per heavy atom. The van der Waals surface area contributed by atoms with Gasteiger partial charge < -0.3 is 10.5 Å². The van der Waals surface area contributed by atoms with Crippen LogP contribution in [0.5, 0.6) is 11.5 Å². The van der Waals surface area contributed by atoms with Crippen molar-refractivity contribution >= 4 is 23.2 Å². The Kier molecular flexibility index (Phi) is 4.70. The zero-order valence-corrected chi connectivity index (χ0v) is 12.1. The van der Waals surface area contributed by atoms with Crippen LogP contribution >= 0.6 is 23.2 Å². The van der Waals surface area contributed by atoms with Gasteiger partial charge in [-0.2, -0.15) is 0 Å². The largest absolute Gasteiger partial charge is 0.455 e. The summed E-state index contributed by atoms with van der Waals surface area (Å²) in [5.74, 6) is 1.24. The number of hydrogen-bond acceptors (Lipinski definition) is 2. The summed E-state index contributed by atoms with van der Waals surface area (Å²) in [4.78, 5) is 0. The smallest absolute Gasteiger partial charge is 0.147 e. The van der Waals surface area contributed by atoms with Gasteiger partial charge in [-0.1, -0.05) is 48.3 Å². The van der Waals surface area contributed by atoms with E-state index >= 15 is 0 Å². The summed E-state index contributed by atoms with van der Waals surface area (Å²) in [6, 6.07) is 12.7. The van der Waals surface area contributed by atoms with Gasteiger partial charge in [-0.05, 0) is 24.6 Å². The number of nitrogens with two attached hydrogens (primary N) is 1. The van der Waals surface area contributed by atoms with Crippen molar-refractivity contribution in [3.63, 3.8) is 0 Å². The van der Waals surface area contributed by atoms with Crippen molar-refractivity contribution in [1.29, 1.82) is 0 Å². The lowest BCUT2D eigenvalue weighted by Crippen LogP contribution is -2.09. The van der Waals surface area contributed by atoms with Gasteiger partial charge >= 0.3 is 0 Å². The van der Waals surface area contributed by atoms with E-state index in [9.17, 15) is 0 Å². The Morgan fingerprint density at radius 2 is 1.84 bits per heavy atom. The Balaban J connectivity index is 2.35. The number of hydrogen-bond donors (Lipinski definition) is 1. The SMILES string of the molecule is CC[C@@H](N)c1ccccc1Oc1cc(Cl)ccc1Cl. The molecule has 19 heavy (non-hydrogen) atoms. The maximum absolute atomic E-state index is 6.10. The molecule has 0 amide bonds. The molecule has 0 fully saturated rings. The van der Waals surface area contributed by atoms with Crippen LogP contribution in [-0.2, 0) is 0 Å². The van der Waals surface area contributed by atoms with Crippen LogP contribution < -0.4 is 10.5 Å². The first-order valence-electron chi connectivity index (χ1n) is 6.09. The molecular weight excluding hydrogens is 281 g/mol. The molecule has 0 saturated heterocycles. The maximum Gasteiger partial charge on any atom is 0.147 e. The topological polar surface area (TPSA) is 35.2 Å². The first-order valence-corrected chi connectivity index (χ1v) is 6.84. The van der Waals surface area contributed by atoms with Crippen molar-refractivity contribution in [2.75, 3.05) is 0 Å². The molecule has 0 spiro atoms. The van der Waals surface area contributed by atoms with E-state index in [0.717, 1.165) is 12.0 Å². The third-order valence-electron chi connectivity index (χ3n) is 2.87. The molecule has 2 rings (SSSR count). The second-order valence-electron chi connectivity index (χ2n) is 4.23. The van der Waals surface area contributed by atoms with Gasteiger partial charge in [0, 0.05) is 22.7 Å². The van der Waals surface area contributed by atoms with Crippen LogP contribution in [-0.4, -0.2) is 0 Å². The summed E-state index contributed by atoms with van der Waals surface area (Å²) < 4.78 is 5.85. The van der Waals surface area contributed by atoms with Crippen molar-refractivity contribution in [2.24, 2.45) is 5.73 Å². The number of ether oxygens (including phenoxy) is 1. The Bertz CT molecular complexity index is 572. The van der Waals surface area contributed by atoms with Gasteiger partial charge in [0.25, 0.3) is 0 Å². The van der Waals surface area contributed by atoms with E-state index in [0.29, 0.717) is 21.5 Å². The molecule has 1 atom stereocenters. The zero-order valence-electron chi connectivity index (χ0n) is 10.6. The Labute approximate surface area is 123 Å². The molecule has 100 valence electrons. The highest BCUT2D eigenvalue weighted by molar-refractivity contribution is 6.34. The second-order valence-corrected chi connectivity index (χ2v) is 5.07. The second kappa shape index (κ2) is 6.29. The average molecular weight is 296 g/mol. The molecule has 0 radical (unpaired) electrons. The van der Waals surface area contributed by atoms with E-state index < -0.39 is 0 Å². The highest BCUT2D eigenvalue weighted by Crippen LogP contribution is 2.35. The molecule has 4 heteroatoms. The standard InChI is InChI=1S/C15H15Cl2NO/c1-2-13(18)11-5-3-4-6-14(11)19-15-9-10(16)7-8-12(15)17/h3-9,13H,2,18H2,1H3/t13-/m1/s1. The fraction of sp³-hybridized carbons (Fsp3) is 0.200. The fourth-order valence-electron chi connectivity index (χ4n) is 1.77. The molecule has 0 aromatic heterocycles. The van der Waals surface area contributed by atoms with Crippen molar-refractivity contribution in [1.82, 2.24) is 0 Å². The first kappa shape index (κ1) is 14.2. The monoisotopic (exact) mass is 295 g/mol. The van der Waals surface area contributed by atoms with E-state index in [4.69, 9.17) is 33.7 Å². The van der Waals surface area contributed by atoms with Crippen molar-refractivity contribution in [2.45, 2.75) is 19.4 Å². The highest BCUT2D eigenvalue weighted by Gasteiger charge is 2.12. The van der Waals surface area contributed by atoms with Crippen LogP contribution in [0.1, 0.15) is 24.9 Å². The van der Waals surface area contributed by atoms with Crippen LogP contribution in [0.15, 0.2) is 42.5 Å². The number of rotatable bonds is 4. The van der Waals surface area contributed by atoms with Gasteiger partial charge in [0.2, 0.25) is 0 Å². The zero-order chi connectivity index (χ0) is 13.8. The van der Waals surface area contributed by atoms with Gasteiger partial charge in [0.15, 0.2) is 0 Å². The quantitative estimate of drug-likeness (QED) is 0.842. The number of halogens is 2. The van der Waals surface area contributed by atoms with Gasteiger partial charge in [-0.3, -0.25) is 0 Å². The molecule has 0 aliphatic carbocycles. The predicted molar refractivity (Wildman–Crippen MR) is 80.2 cm³/mol. The van der Waals surface area contributed by atoms with Gasteiger partial charge in [0.1, 0.15) is 11.5 Å². The lowest BCUT2D eigenvalue weighted by molar-refractivity contribution is 0.469. The van der Waals surface area contributed by atoms with E-state index in [1.807, 2.05) is 31.2 Å².